The Morgan fingerprint density at radius 2 is 1.89 bits per heavy atom. The highest BCUT2D eigenvalue weighted by Gasteiger charge is 2.31. The molecule has 0 radical (unpaired) electrons. The molecule has 0 saturated carbocycles. The van der Waals surface area contributed by atoms with E-state index in [0.717, 1.165) is 18.6 Å². The van der Waals surface area contributed by atoms with Gasteiger partial charge in [0, 0.05) is 37.3 Å². The fourth-order valence-corrected chi connectivity index (χ4v) is 6.32. The summed E-state index contributed by atoms with van der Waals surface area (Å²) >= 11 is 3.45. The fourth-order valence-electron chi connectivity index (χ4n) is 4.38. The van der Waals surface area contributed by atoms with Crippen molar-refractivity contribution < 1.29 is 22.3 Å². The Morgan fingerprint density at radius 3 is 2.64 bits per heavy atom. The van der Waals surface area contributed by atoms with Crippen molar-refractivity contribution in [2.24, 2.45) is 5.92 Å². The molecule has 12 heteroatoms. The number of hydrogen-bond acceptors (Lipinski definition) is 6. The molecule has 0 bridgehead atoms. The summed E-state index contributed by atoms with van der Waals surface area (Å²) < 4.78 is 57.0. The van der Waals surface area contributed by atoms with E-state index in [0.29, 0.717) is 46.2 Å². The Hall–Kier alpha value is -3.09. The maximum absolute atomic E-state index is 13.7. The van der Waals surface area contributed by atoms with Gasteiger partial charge in [0.25, 0.3) is 0 Å². The van der Waals surface area contributed by atoms with Gasteiger partial charge < -0.3 is 10.4 Å². The standard InChI is InChI=1S/C24H22BrF2N5O3S/c25-20-13-29-32-23(11-21(30-24(20)32)19-5-1-2-6-22(19)33)28-12-15-4-3-7-31(14-15)36(34,35)18-9-16(26)8-17(27)10-18/h1-2,5-6,8-11,13,15,28,33H,3-4,7,12,14H2. The van der Waals surface area contributed by atoms with E-state index in [1.165, 1.54) is 4.31 Å². The van der Waals surface area contributed by atoms with Crippen LogP contribution in [0.25, 0.3) is 16.9 Å². The Morgan fingerprint density at radius 1 is 1.14 bits per heavy atom. The molecule has 5 rings (SSSR count). The van der Waals surface area contributed by atoms with Crippen molar-refractivity contribution in [1.29, 1.82) is 0 Å². The highest BCUT2D eigenvalue weighted by Crippen LogP contribution is 2.31. The minimum atomic E-state index is -4.04. The number of aromatic hydroxyl groups is 1. The lowest BCUT2D eigenvalue weighted by Gasteiger charge is -2.32. The zero-order chi connectivity index (χ0) is 25.4. The highest BCUT2D eigenvalue weighted by atomic mass is 79.9. The minimum Gasteiger partial charge on any atom is -0.507 e. The molecule has 2 N–H and O–H groups in total. The van der Waals surface area contributed by atoms with Crippen molar-refractivity contribution in [1.82, 2.24) is 18.9 Å². The molecule has 4 aromatic rings. The van der Waals surface area contributed by atoms with Crippen molar-refractivity contribution in [3.8, 4) is 17.0 Å². The number of rotatable bonds is 6. The van der Waals surface area contributed by atoms with Gasteiger partial charge in [-0.2, -0.15) is 13.9 Å². The lowest BCUT2D eigenvalue weighted by atomic mass is 10.00. The summed E-state index contributed by atoms with van der Waals surface area (Å²) in [6, 6.07) is 11.0. The molecule has 0 amide bonds. The summed E-state index contributed by atoms with van der Waals surface area (Å²) in [5, 5.41) is 18.0. The van der Waals surface area contributed by atoms with E-state index in [-0.39, 0.29) is 24.8 Å². The molecule has 2 aromatic carbocycles. The molecule has 36 heavy (non-hydrogen) atoms. The predicted molar refractivity (Wildman–Crippen MR) is 134 cm³/mol. The summed E-state index contributed by atoms with van der Waals surface area (Å²) in [4.78, 5) is 4.23. The zero-order valence-electron chi connectivity index (χ0n) is 18.9. The van der Waals surface area contributed by atoms with Gasteiger partial charge in [0.1, 0.15) is 23.2 Å². The van der Waals surface area contributed by atoms with Crippen molar-refractivity contribution in [2.45, 2.75) is 17.7 Å². The molecule has 188 valence electrons. The number of nitrogens with one attached hydrogen (secondary N) is 1. The van der Waals surface area contributed by atoms with Crippen LogP contribution in [0.3, 0.4) is 0 Å². The van der Waals surface area contributed by atoms with Crippen LogP contribution in [0.4, 0.5) is 14.6 Å². The number of sulfonamides is 1. The van der Waals surface area contributed by atoms with Crippen molar-refractivity contribution in [3.63, 3.8) is 0 Å². The molecule has 2 aromatic heterocycles. The Labute approximate surface area is 214 Å². The predicted octanol–water partition coefficient (Wildman–Crippen LogP) is 4.66. The van der Waals surface area contributed by atoms with Crippen LogP contribution in [0.15, 0.2) is 64.1 Å². The molecule has 1 atom stereocenters. The number of piperidine rings is 1. The third kappa shape index (κ3) is 4.80. The number of anilines is 1. The van der Waals surface area contributed by atoms with Gasteiger partial charge in [0.15, 0.2) is 5.65 Å². The number of fused-ring (bicyclic) bond motifs is 1. The van der Waals surface area contributed by atoms with Gasteiger partial charge in [0.05, 0.1) is 21.3 Å². The van der Waals surface area contributed by atoms with Gasteiger partial charge in [-0.05, 0) is 59.0 Å². The van der Waals surface area contributed by atoms with E-state index >= 15 is 0 Å². The van der Waals surface area contributed by atoms with Gasteiger partial charge in [-0.15, -0.1) is 0 Å². The fraction of sp³-hybridized carbons (Fsp3) is 0.250. The summed E-state index contributed by atoms with van der Waals surface area (Å²) in [6.07, 6.45) is 3.01. The lowest BCUT2D eigenvalue weighted by Crippen LogP contribution is -2.41. The Balaban J connectivity index is 1.38. The zero-order valence-corrected chi connectivity index (χ0v) is 21.3. The molecule has 8 nitrogen and oxygen atoms in total. The number of nitrogens with zero attached hydrogens (tertiary/aromatic N) is 4. The first-order chi connectivity index (χ1) is 17.2. The van der Waals surface area contributed by atoms with Crippen LogP contribution in [0.5, 0.6) is 5.75 Å². The number of aromatic nitrogens is 3. The van der Waals surface area contributed by atoms with Crippen molar-refractivity contribution >= 4 is 37.4 Å². The molecular formula is C24H22BrF2N5O3S. The Bertz CT molecular complexity index is 1530. The van der Waals surface area contributed by atoms with Crippen LogP contribution in [0.1, 0.15) is 12.8 Å². The van der Waals surface area contributed by atoms with Gasteiger partial charge in [-0.25, -0.2) is 22.2 Å². The van der Waals surface area contributed by atoms with Crippen LogP contribution in [0, 0.1) is 17.6 Å². The number of para-hydroxylation sites is 1. The first-order valence-electron chi connectivity index (χ1n) is 11.2. The number of benzene rings is 2. The summed E-state index contributed by atoms with van der Waals surface area (Å²) in [7, 11) is -4.04. The van der Waals surface area contributed by atoms with Gasteiger partial charge in [-0.1, -0.05) is 12.1 Å². The number of phenolic OH excluding ortho intramolecular Hbond substituents is 1. The van der Waals surface area contributed by atoms with E-state index in [1.807, 2.05) is 0 Å². The maximum atomic E-state index is 13.7. The third-order valence-electron chi connectivity index (χ3n) is 6.14. The van der Waals surface area contributed by atoms with E-state index in [1.54, 1.807) is 41.0 Å². The largest absolute Gasteiger partial charge is 0.507 e. The highest BCUT2D eigenvalue weighted by molar-refractivity contribution is 9.10. The van der Waals surface area contributed by atoms with Gasteiger partial charge in [0.2, 0.25) is 10.0 Å². The van der Waals surface area contributed by atoms with Crippen LogP contribution < -0.4 is 5.32 Å². The SMILES string of the molecule is O=S(=O)(c1cc(F)cc(F)c1)N1CCCC(CNc2cc(-c3ccccc3O)nc3c(Br)cnn23)C1. The number of hydrogen-bond donors (Lipinski definition) is 2. The minimum absolute atomic E-state index is 0.0530. The van der Waals surface area contributed by atoms with E-state index in [2.05, 4.69) is 31.3 Å². The summed E-state index contributed by atoms with van der Waals surface area (Å²) in [6.45, 7) is 0.914. The van der Waals surface area contributed by atoms with E-state index in [4.69, 9.17) is 0 Å². The molecule has 1 saturated heterocycles. The molecular weight excluding hydrogens is 556 g/mol. The molecule has 1 unspecified atom stereocenters. The quantitative estimate of drug-likeness (QED) is 0.346. The Kier molecular flexibility index (Phi) is 6.66. The topological polar surface area (TPSA) is 99.8 Å². The third-order valence-corrected chi connectivity index (χ3v) is 8.54. The molecule has 1 aliphatic heterocycles. The van der Waals surface area contributed by atoms with Crippen LogP contribution >= 0.6 is 15.9 Å². The van der Waals surface area contributed by atoms with Crippen molar-refractivity contribution in [2.75, 3.05) is 25.0 Å². The van der Waals surface area contributed by atoms with E-state index in [9.17, 15) is 22.3 Å². The van der Waals surface area contributed by atoms with Crippen LogP contribution in [-0.2, 0) is 10.0 Å². The number of phenols is 1. The lowest BCUT2D eigenvalue weighted by molar-refractivity contribution is 0.275. The molecule has 0 spiro atoms. The smallest absolute Gasteiger partial charge is 0.243 e. The van der Waals surface area contributed by atoms with Crippen molar-refractivity contribution in [3.05, 3.63) is 70.8 Å². The van der Waals surface area contributed by atoms with Crippen LogP contribution in [0.2, 0.25) is 0 Å². The first-order valence-corrected chi connectivity index (χ1v) is 13.5. The van der Waals surface area contributed by atoms with Gasteiger partial charge in [-0.3, -0.25) is 0 Å². The van der Waals surface area contributed by atoms with Gasteiger partial charge >= 0.3 is 0 Å². The summed E-state index contributed by atoms with van der Waals surface area (Å²) in [5.74, 6) is -1.20. The van der Waals surface area contributed by atoms with E-state index < -0.39 is 26.6 Å². The molecule has 1 aliphatic rings. The molecule has 0 aliphatic carbocycles. The average molecular weight is 578 g/mol. The second kappa shape index (κ2) is 9.75. The first kappa shape index (κ1) is 24.6. The summed E-state index contributed by atoms with van der Waals surface area (Å²) in [5.41, 5.74) is 1.66. The van der Waals surface area contributed by atoms with Crippen LogP contribution in [-0.4, -0.2) is 52.1 Å². The molecule has 3 heterocycles. The molecule has 1 fully saturated rings. The maximum Gasteiger partial charge on any atom is 0.243 e. The number of halogens is 3. The second-order valence-corrected chi connectivity index (χ2v) is 11.4. The normalized spacial score (nSPS) is 16.9. The second-order valence-electron chi connectivity index (χ2n) is 8.63. The monoisotopic (exact) mass is 577 g/mol. The average Bonchev–Trinajstić information content (AvgIpc) is 3.23.